The van der Waals surface area contributed by atoms with E-state index in [1.165, 1.54) is 5.69 Å². The Morgan fingerprint density at radius 2 is 1.93 bits per heavy atom. The fourth-order valence-electron chi connectivity index (χ4n) is 3.95. The van der Waals surface area contributed by atoms with Gasteiger partial charge in [0, 0.05) is 56.7 Å². The first-order chi connectivity index (χ1) is 13.2. The van der Waals surface area contributed by atoms with Gasteiger partial charge in [0.15, 0.2) is 0 Å². The minimum absolute atomic E-state index is 0.0167. The van der Waals surface area contributed by atoms with Crippen LogP contribution in [0.15, 0.2) is 24.3 Å². The predicted molar refractivity (Wildman–Crippen MR) is 103 cm³/mol. The minimum atomic E-state index is -0.196. The second-order valence-electron chi connectivity index (χ2n) is 7.22. The summed E-state index contributed by atoms with van der Waals surface area (Å²) in [6, 6.07) is 8.70. The lowest BCUT2D eigenvalue weighted by Gasteiger charge is -2.34. The van der Waals surface area contributed by atoms with E-state index in [-0.39, 0.29) is 12.1 Å². The van der Waals surface area contributed by atoms with E-state index in [4.69, 9.17) is 4.74 Å². The highest BCUT2D eigenvalue weighted by molar-refractivity contribution is 5.94. The van der Waals surface area contributed by atoms with Gasteiger partial charge in [0.25, 0.3) is 0 Å². The zero-order valence-electron chi connectivity index (χ0n) is 15.5. The van der Waals surface area contributed by atoms with Gasteiger partial charge in [0.1, 0.15) is 6.61 Å². The number of rotatable bonds is 6. The van der Waals surface area contributed by atoms with Crippen LogP contribution in [0.3, 0.4) is 0 Å². The molecule has 27 heavy (non-hydrogen) atoms. The molecule has 1 aromatic rings. The summed E-state index contributed by atoms with van der Waals surface area (Å²) in [5, 5.41) is 6.41. The molecule has 0 unspecified atom stereocenters. The number of anilines is 2. The average Bonchev–Trinajstić information content (AvgIpc) is 3.31. The van der Waals surface area contributed by atoms with E-state index in [2.05, 4.69) is 27.7 Å². The highest BCUT2D eigenvalue weighted by Crippen LogP contribution is 2.26. The van der Waals surface area contributed by atoms with Crippen molar-refractivity contribution in [3.8, 4) is 0 Å². The van der Waals surface area contributed by atoms with Gasteiger partial charge >= 0.3 is 12.1 Å². The number of cyclic esters (lactones) is 1. The lowest BCUT2D eigenvalue weighted by Crippen LogP contribution is -2.45. The van der Waals surface area contributed by atoms with Crippen LogP contribution in [-0.4, -0.2) is 75.5 Å². The number of nitrogens with one attached hydrogen (secondary N) is 2. The topological polar surface area (TPSA) is 77.2 Å². The molecule has 3 amide bonds. The number of benzene rings is 1. The van der Waals surface area contributed by atoms with Crippen LogP contribution in [0.25, 0.3) is 0 Å². The summed E-state index contributed by atoms with van der Waals surface area (Å²) >= 11 is 0. The maximum Gasteiger partial charge on any atom is 0.409 e. The Balaban J connectivity index is 1.25. The van der Waals surface area contributed by atoms with Crippen LogP contribution >= 0.6 is 0 Å². The fraction of sp³-hybridized carbons (Fsp3) is 0.579. The zero-order chi connectivity index (χ0) is 18.6. The van der Waals surface area contributed by atoms with Gasteiger partial charge in [0.2, 0.25) is 0 Å². The van der Waals surface area contributed by atoms with Gasteiger partial charge in [-0.2, -0.15) is 0 Å². The molecule has 1 aromatic carbocycles. The van der Waals surface area contributed by atoms with Crippen molar-refractivity contribution in [2.24, 2.45) is 0 Å². The van der Waals surface area contributed by atoms with E-state index in [0.717, 1.165) is 44.7 Å². The summed E-state index contributed by atoms with van der Waals surface area (Å²) in [6.07, 6.45) is 1.94. The maximum absolute atomic E-state index is 11.9. The van der Waals surface area contributed by atoms with Crippen LogP contribution in [0.1, 0.15) is 12.8 Å². The third-order valence-electron chi connectivity index (χ3n) is 5.52. The van der Waals surface area contributed by atoms with Crippen molar-refractivity contribution in [3.05, 3.63) is 24.3 Å². The molecule has 2 N–H and O–H groups in total. The van der Waals surface area contributed by atoms with Crippen molar-refractivity contribution in [3.63, 3.8) is 0 Å². The molecule has 0 saturated carbocycles. The van der Waals surface area contributed by atoms with Crippen molar-refractivity contribution < 1.29 is 14.3 Å². The number of carbonyl (C=O) groups excluding carboxylic acids is 2. The highest BCUT2D eigenvalue weighted by atomic mass is 16.6. The van der Waals surface area contributed by atoms with Gasteiger partial charge in [0.05, 0.1) is 6.54 Å². The Bertz CT molecular complexity index is 690. The van der Waals surface area contributed by atoms with E-state index < -0.39 is 0 Å². The number of hydrogen-bond donors (Lipinski definition) is 2. The van der Waals surface area contributed by atoms with Crippen LogP contribution in [0.4, 0.5) is 21.0 Å². The quantitative estimate of drug-likeness (QED) is 0.784. The SMILES string of the molecule is O=C1OCCN1CCNC1CCN(c2cccc(N3CCNC3=O)c2)CC1. The Morgan fingerprint density at radius 1 is 1.11 bits per heavy atom. The summed E-state index contributed by atoms with van der Waals surface area (Å²) in [5.41, 5.74) is 2.13. The molecular formula is C19H27N5O3. The fourth-order valence-corrected chi connectivity index (χ4v) is 3.95. The van der Waals surface area contributed by atoms with E-state index in [0.29, 0.717) is 32.3 Å². The summed E-state index contributed by atoms with van der Waals surface area (Å²) in [7, 11) is 0. The summed E-state index contributed by atoms with van der Waals surface area (Å²) in [6.45, 7) is 6.12. The summed E-state index contributed by atoms with van der Waals surface area (Å²) in [4.78, 5) is 29.2. The van der Waals surface area contributed by atoms with Gasteiger partial charge in [-0.3, -0.25) is 4.90 Å². The maximum atomic E-state index is 11.9. The molecule has 0 bridgehead atoms. The number of nitrogens with zero attached hydrogens (tertiary/aromatic N) is 3. The van der Waals surface area contributed by atoms with Crippen LogP contribution in [0.5, 0.6) is 0 Å². The normalized spacial score (nSPS) is 21.0. The molecule has 0 atom stereocenters. The van der Waals surface area contributed by atoms with E-state index in [9.17, 15) is 9.59 Å². The number of carbonyl (C=O) groups is 2. The van der Waals surface area contributed by atoms with E-state index in [1.54, 1.807) is 9.80 Å². The molecule has 4 rings (SSSR count). The van der Waals surface area contributed by atoms with E-state index >= 15 is 0 Å². The third kappa shape index (κ3) is 4.10. The van der Waals surface area contributed by atoms with Crippen molar-refractivity contribution in [1.29, 1.82) is 0 Å². The Kier molecular flexibility index (Phi) is 5.33. The number of hydrogen-bond acceptors (Lipinski definition) is 5. The van der Waals surface area contributed by atoms with Crippen LogP contribution < -0.4 is 20.4 Å². The van der Waals surface area contributed by atoms with Crippen molar-refractivity contribution >= 4 is 23.5 Å². The molecule has 3 aliphatic heterocycles. The summed E-state index contributed by atoms with van der Waals surface area (Å²) < 4.78 is 4.95. The van der Waals surface area contributed by atoms with E-state index in [1.807, 2.05) is 12.1 Å². The molecule has 3 aliphatic rings. The Morgan fingerprint density at radius 3 is 2.63 bits per heavy atom. The first kappa shape index (κ1) is 17.9. The monoisotopic (exact) mass is 373 g/mol. The number of amides is 3. The average molecular weight is 373 g/mol. The predicted octanol–water partition coefficient (Wildman–Crippen LogP) is 1.23. The second kappa shape index (κ2) is 8.04. The standard InChI is InChI=1S/C19H27N5O3/c25-18-21-7-11-24(18)17-3-1-2-16(14-17)22-8-4-15(5-9-22)20-6-10-23-12-13-27-19(23)26/h1-3,14-15,20H,4-13H2,(H,21,25). The molecule has 146 valence electrons. The van der Waals surface area contributed by atoms with Gasteiger partial charge < -0.3 is 25.2 Å². The van der Waals surface area contributed by atoms with Crippen molar-refractivity contribution in [1.82, 2.24) is 15.5 Å². The second-order valence-corrected chi connectivity index (χ2v) is 7.22. The lowest BCUT2D eigenvalue weighted by molar-refractivity contribution is 0.158. The van der Waals surface area contributed by atoms with Gasteiger partial charge in [-0.25, -0.2) is 9.59 Å². The molecule has 0 radical (unpaired) electrons. The van der Waals surface area contributed by atoms with Gasteiger partial charge in [-0.15, -0.1) is 0 Å². The highest BCUT2D eigenvalue weighted by Gasteiger charge is 2.24. The molecule has 3 saturated heterocycles. The first-order valence-electron chi connectivity index (χ1n) is 9.76. The smallest absolute Gasteiger partial charge is 0.409 e. The number of urea groups is 1. The molecule has 3 heterocycles. The van der Waals surface area contributed by atoms with Gasteiger partial charge in [-0.05, 0) is 31.0 Å². The van der Waals surface area contributed by atoms with Crippen LogP contribution in [-0.2, 0) is 4.74 Å². The third-order valence-corrected chi connectivity index (χ3v) is 5.52. The lowest BCUT2D eigenvalue weighted by atomic mass is 10.0. The molecule has 8 heteroatoms. The number of ether oxygens (including phenoxy) is 1. The van der Waals surface area contributed by atoms with Crippen molar-refractivity contribution in [2.45, 2.75) is 18.9 Å². The van der Waals surface area contributed by atoms with Crippen LogP contribution in [0, 0.1) is 0 Å². The molecule has 8 nitrogen and oxygen atoms in total. The minimum Gasteiger partial charge on any atom is -0.448 e. The van der Waals surface area contributed by atoms with Gasteiger partial charge in [-0.1, -0.05) is 6.07 Å². The summed E-state index contributed by atoms with van der Waals surface area (Å²) in [5.74, 6) is 0. The Hall–Kier alpha value is -2.48. The van der Waals surface area contributed by atoms with Crippen molar-refractivity contribution in [2.75, 3.05) is 62.2 Å². The molecule has 3 fully saturated rings. The zero-order valence-corrected chi connectivity index (χ0v) is 15.5. The Labute approximate surface area is 159 Å². The molecule has 0 spiro atoms. The number of piperidine rings is 1. The molecule has 0 aromatic heterocycles. The van der Waals surface area contributed by atoms with Crippen LogP contribution in [0.2, 0.25) is 0 Å². The molecular weight excluding hydrogens is 346 g/mol. The first-order valence-corrected chi connectivity index (χ1v) is 9.76. The molecule has 0 aliphatic carbocycles. The largest absolute Gasteiger partial charge is 0.448 e.